The van der Waals surface area contributed by atoms with Gasteiger partial charge in [-0.1, -0.05) is 74.2 Å². The second kappa shape index (κ2) is 22.4. The van der Waals surface area contributed by atoms with Crippen molar-refractivity contribution in [3.05, 3.63) is 96.1 Å². The van der Waals surface area contributed by atoms with E-state index in [1.165, 1.54) is 12.2 Å². The van der Waals surface area contributed by atoms with E-state index in [4.69, 9.17) is 24.3 Å². The number of aliphatic carboxylic acids is 1. The van der Waals surface area contributed by atoms with Crippen LogP contribution in [0.1, 0.15) is 54.9 Å². The molecule has 2 N–H and O–H groups in total. The van der Waals surface area contributed by atoms with E-state index in [2.05, 4.69) is 28.5 Å². The Morgan fingerprint density at radius 1 is 0.857 bits per heavy atom. The molecule has 0 aliphatic carbocycles. The maximum absolute atomic E-state index is 12.1. The molecule has 13 heteroatoms. The van der Waals surface area contributed by atoms with E-state index in [-0.39, 0.29) is 57.2 Å². The van der Waals surface area contributed by atoms with Crippen molar-refractivity contribution < 1.29 is 48.6 Å². The zero-order chi connectivity index (χ0) is 35.9. The van der Waals surface area contributed by atoms with E-state index in [1.54, 1.807) is 0 Å². The van der Waals surface area contributed by atoms with Gasteiger partial charge < -0.3 is 24.9 Å². The molecular formula is C36H45N3O10. The summed E-state index contributed by atoms with van der Waals surface area (Å²) in [5.41, 5.74) is 3.07. The highest BCUT2D eigenvalue weighted by molar-refractivity contribution is 5.92. The number of alkyl carbamates (subject to hydrolysis) is 1. The molecule has 1 unspecified atom stereocenters. The highest BCUT2D eigenvalue weighted by atomic mass is 17.2. The number of allylic oxidation sites excluding steroid dienone is 2. The Morgan fingerprint density at radius 2 is 1.39 bits per heavy atom. The molecule has 0 saturated heterocycles. The standard InChI is InChI=1S/C36H45N3O10/c1-5-32(40)18-36(7-3,19-33(41)6-2)24-47-49-26-38-21-29-12-14-30(15-13-29)22-39-35(44)45-17-16-31(34(42)43)23-46-48-25-37-20-28-10-8-27(4)9-11-28/h5-6,8-15,25-26,31H,1-2,7,16-24H2,3-4H3,(H,39,44)(H,42,43). The molecule has 1 amide bonds. The van der Waals surface area contributed by atoms with Gasteiger partial charge in [0.15, 0.2) is 11.6 Å². The number of hydrogen-bond donors (Lipinski definition) is 2. The van der Waals surface area contributed by atoms with Crippen LogP contribution in [0.25, 0.3) is 0 Å². The fourth-order valence-electron chi connectivity index (χ4n) is 4.34. The topological polar surface area (TPSA) is 171 Å². The number of carbonyl (C=O) groups excluding carboxylic acids is 3. The number of aliphatic imine (C=N–C) groups is 2. The molecule has 0 radical (unpaired) electrons. The number of carbonyl (C=O) groups is 4. The van der Waals surface area contributed by atoms with Crippen LogP contribution < -0.4 is 5.32 Å². The summed E-state index contributed by atoms with van der Waals surface area (Å²) in [5, 5.41) is 12.0. The van der Waals surface area contributed by atoms with Crippen LogP contribution in [0.3, 0.4) is 0 Å². The minimum Gasteiger partial charge on any atom is -0.481 e. The van der Waals surface area contributed by atoms with Gasteiger partial charge in [-0.25, -0.2) is 4.79 Å². The van der Waals surface area contributed by atoms with Gasteiger partial charge in [-0.3, -0.25) is 24.4 Å². The minimum absolute atomic E-state index is 0.00773. The smallest absolute Gasteiger partial charge is 0.407 e. The molecule has 2 aromatic carbocycles. The predicted molar refractivity (Wildman–Crippen MR) is 182 cm³/mol. The van der Waals surface area contributed by atoms with E-state index in [1.807, 2.05) is 62.4 Å². The fourth-order valence-corrected chi connectivity index (χ4v) is 4.34. The third-order valence-electron chi connectivity index (χ3n) is 7.49. The number of hydrogen-bond acceptors (Lipinski definition) is 11. The summed E-state index contributed by atoms with van der Waals surface area (Å²) in [5.74, 6) is -2.45. The third-order valence-corrected chi connectivity index (χ3v) is 7.49. The Hall–Kier alpha value is -5.14. The maximum Gasteiger partial charge on any atom is 0.407 e. The van der Waals surface area contributed by atoms with Crippen molar-refractivity contribution in [1.29, 1.82) is 0 Å². The van der Waals surface area contributed by atoms with Crippen LogP contribution in [0.4, 0.5) is 4.79 Å². The number of ether oxygens (including phenoxy) is 1. The van der Waals surface area contributed by atoms with E-state index < -0.39 is 23.4 Å². The van der Waals surface area contributed by atoms with E-state index in [0.29, 0.717) is 19.5 Å². The average molecular weight is 680 g/mol. The molecule has 0 spiro atoms. The summed E-state index contributed by atoms with van der Waals surface area (Å²) in [6, 6.07) is 15.1. The molecule has 0 aliphatic heterocycles. The van der Waals surface area contributed by atoms with Gasteiger partial charge in [0, 0.05) is 24.8 Å². The van der Waals surface area contributed by atoms with E-state index in [9.17, 15) is 24.3 Å². The molecule has 0 fully saturated rings. The summed E-state index contributed by atoms with van der Waals surface area (Å²) >= 11 is 0. The molecule has 264 valence electrons. The highest BCUT2D eigenvalue weighted by Gasteiger charge is 2.33. The van der Waals surface area contributed by atoms with Crippen molar-refractivity contribution in [2.75, 3.05) is 19.8 Å². The van der Waals surface area contributed by atoms with Crippen molar-refractivity contribution in [1.82, 2.24) is 5.32 Å². The van der Waals surface area contributed by atoms with Gasteiger partial charge >= 0.3 is 12.1 Å². The average Bonchev–Trinajstić information content (AvgIpc) is 3.10. The Labute approximate surface area is 286 Å². The number of rotatable bonds is 25. The van der Waals surface area contributed by atoms with Crippen LogP contribution in [0, 0.1) is 18.3 Å². The zero-order valence-corrected chi connectivity index (χ0v) is 28.0. The van der Waals surface area contributed by atoms with Crippen molar-refractivity contribution in [2.24, 2.45) is 21.3 Å². The van der Waals surface area contributed by atoms with Gasteiger partial charge in [0.2, 0.25) is 12.8 Å². The van der Waals surface area contributed by atoms with Crippen molar-refractivity contribution in [2.45, 2.75) is 59.2 Å². The maximum atomic E-state index is 12.1. The minimum atomic E-state index is -1.11. The van der Waals surface area contributed by atoms with Crippen LogP contribution in [0.15, 0.2) is 83.8 Å². The summed E-state index contributed by atoms with van der Waals surface area (Å²) in [6.45, 7) is 11.4. The molecular weight excluding hydrogens is 634 g/mol. The highest BCUT2D eigenvalue weighted by Crippen LogP contribution is 2.32. The van der Waals surface area contributed by atoms with Crippen LogP contribution in [0.5, 0.6) is 0 Å². The largest absolute Gasteiger partial charge is 0.481 e. The van der Waals surface area contributed by atoms with Crippen molar-refractivity contribution in [3.8, 4) is 0 Å². The number of nitrogens with one attached hydrogen (secondary N) is 1. The monoisotopic (exact) mass is 679 g/mol. The van der Waals surface area contributed by atoms with E-state index in [0.717, 1.165) is 35.1 Å². The lowest BCUT2D eigenvalue weighted by atomic mass is 9.77. The Balaban J connectivity index is 1.65. The number of benzene rings is 2. The number of aryl methyl sites for hydroxylation is 1. The van der Waals surface area contributed by atoms with Crippen LogP contribution >= 0.6 is 0 Å². The van der Waals surface area contributed by atoms with Gasteiger partial charge in [0.05, 0.1) is 25.6 Å². The number of carboxylic acids is 1. The predicted octanol–water partition coefficient (Wildman–Crippen LogP) is 5.65. The molecule has 0 aromatic heterocycles. The summed E-state index contributed by atoms with van der Waals surface area (Å²) in [7, 11) is 0. The fraction of sp³-hybridized carbons (Fsp3) is 0.389. The second-order valence-corrected chi connectivity index (χ2v) is 11.3. The second-order valence-electron chi connectivity index (χ2n) is 11.3. The summed E-state index contributed by atoms with van der Waals surface area (Å²) in [4.78, 5) is 75.9. The first kappa shape index (κ1) is 40.0. The van der Waals surface area contributed by atoms with Gasteiger partial charge in [-0.05, 0) is 48.6 Å². The quantitative estimate of drug-likeness (QED) is 0.0334. The molecule has 2 aromatic rings. The first-order chi connectivity index (χ1) is 23.6. The van der Waals surface area contributed by atoms with Gasteiger partial charge in [-0.15, -0.1) is 0 Å². The van der Waals surface area contributed by atoms with Gasteiger partial charge in [-0.2, -0.15) is 9.78 Å². The Bertz CT molecular complexity index is 1400. The van der Waals surface area contributed by atoms with Crippen LogP contribution in [-0.2, 0) is 58.3 Å². The molecule has 49 heavy (non-hydrogen) atoms. The molecule has 0 aliphatic rings. The van der Waals surface area contributed by atoms with Crippen molar-refractivity contribution >= 4 is 36.4 Å². The summed E-state index contributed by atoms with van der Waals surface area (Å²) in [6.07, 6.45) is 4.73. The number of carboxylic acid groups (broad SMARTS) is 1. The number of amides is 1. The number of ketones is 2. The molecule has 0 heterocycles. The number of nitrogens with zero attached hydrogens (tertiary/aromatic N) is 2. The Morgan fingerprint density at radius 3 is 1.92 bits per heavy atom. The first-order valence-corrected chi connectivity index (χ1v) is 15.7. The lowest BCUT2D eigenvalue weighted by molar-refractivity contribution is -0.239. The van der Waals surface area contributed by atoms with Gasteiger partial charge in [0.1, 0.15) is 13.2 Å². The lowest BCUT2D eigenvalue weighted by Crippen LogP contribution is -2.31. The molecule has 13 nitrogen and oxygen atoms in total. The Kier molecular flexibility index (Phi) is 18.3. The first-order valence-electron chi connectivity index (χ1n) is 15.7. The van der Waals surface area contributed by atoms with E-state index >= 15 is 0 Å². The zero-order valence-electron chi connectivity index (χ0n) is 28.0. The summed E-state index contributed by atoms with van der Waals surface area (Å²) < 4.78 is 5.11. The SMILES string of the molecule is C=CC(=O)CC(CC)(COOC=NCc1ccc(CNC(=O)OCCC(COOC=NCc2ccc(C)cc2)C(=O)O)cc1)CC(=O)C=C. The molecule has 0 bridgehead atoms. The lowest BCUT2D eigenvalue weighted by Gasteiger charge is -2.29. The molecule has 2 rings (SSSR count). The molecule has 1 atom stereocenters. The normalized spacial score (nSPS) is 12.0. The van der Waals surface area contributed by atoms with Crippen molar-refractivity contribution in [3.63, 3.8) is 0 Å². The molecule has 0 saturated carbocycles. The third kappa shape index (κ3) is 16.5. The van der Waals surface area contributed by atoms with Gasteiger partial charge in [0.25, 0.3) is 0 Å². The van der Waals surface area contributed by atoms with Crippen LogP contribution in [-0.4, -0.2) is 61.4 Å². The van der Waals surface area contributed by atoms with Crippen LogP contribution in [0.2, 0.25) is 0 Å².